The van der Waals surface area contributed by atoms with Crippen molar-refractivity contribution in [2.75, 3.05) is 0 Å². The lowest BCUT2D eigenvalue weighted by molar-refractivity contribution is -0.120. The van der Waals surface area contributed by atoms with Crippen molar-refractivity contribution in [2.24, 2.45) is 0 Å². The Labute approximate surface area is 165 Å². The van der Waals surface area contributed by atoms with E-state index in [0.717, 1.165) is 29.4 Å². The van der Waals surface area contributed by atoms with Crippen molar-refractivity contribution >= 4 is 42.1 Å². The molecule has 0 saturated heterocycles. The van der Waals surface area contributed by atoms with Gasteiger partial charge in [0, 0.05) is 30.4 Å². The molecule has 2 N–H and O–H groups in total. The maximum Gasteiger partial charge on any atom is 0.226 e. The van der Waals surface area contributed by atoms with Gasteiger partial charge >= 0.3 is 0 Å². The Morgan fingerprint density at radius 3 is 2.64 bits per heavy atom. The first-order chi connectivity index (χ1) is 10.9. The summed E-state index contributed by atoms with van der Waals surface area (Å²) in [6.07, 6.45) is 0.346. The Morgan fingerprint density at radius 2 is 1.96 bits per heavy atom. The number of thiazole rings is 1. The third-order valence-corrected chi connectivity index (χ3v) is 5.24. The molecule has 0 bridgehead atoms. The summed E-state index contributed by atoms with van der Waals surface area (Å²) in [7, 11) is 0. The maximum absolute atomic E-state index is 12.1. The van der Waals surface area contributed by atoms with E-state index < -0.39 is 0 Å². The number of fused-ring (bicyclic) bond motifs is 1. The lowest BCUT2D eigenvalue weighted by atomic mass is 9.98. The molecule has 0 atom stereocenters. The Hall–Kier alpha value is -1.14. The van der Waals surface area contributed by atoms with Gasteiger partial charge in [-0.2, -0.15) is 0 Å². The van der Waals surface area contributed by atoms with Crippen LogP contribution in [-0.2, 0) is 36.3 Å². The van der Waals surface area contributed by atoms with Gasteiger partial charge in [0.1, 0.15) is 0 Å². The molecule has 2 aromatic rings. The van der Waals surface area contributed by atoms with E-state index in [-0.39, 0.29) is 36.1 Å². The first-order valence-electron chi connectivity index (χ1n) is 7.95. The van der Waals surface area contributed by atoms with Crippen molar-refractivity contribution in [2.45, 2.75) is 52.2 Å². The van der Waals surface area contributed by atoms with Gasteiger partial charge in [0.15, 0.2) is 0 Å². The van der Waals surface area contributed by atoms with Crippen LogP contribution in [0, 0.1) is 0 Å². The van der Waals surface area contributed by atoms with Crippen LogP contribution in [0.1, 0.15) is 48.2 Å². The van der Waals surface area contributed by atoms with Gasteiger partial charge < -0.3 is 10.6 Å². The zero-order valence-electron chi connectivity index (χ0n) is 14.7. The van der Waals surface area contributed by atoms with E-state index in [9.17, 15) is 4.79 Å². The number of benzene rings is 1. The fourth-order valence-corrected chi connectivity index (χ4v) is 3.53. The molecule has 0 fully saturated rings. The fraction of sp³-hybridized carbons (Fsp3) is 0.444. The van der Waals surface area contributed by atoms with Crippen LogP contribution in [0.5, 0.6) is 0 Å². The lowest BCUT2D eigenvalue weighted by Crippen LogP contribution is -2.24. The van der Waals surface area contributed by atoms with Crippen LogP contribution >= 0.6 is 36.2 Å². The first-order valence-corrected chi connectivity index (χ1v) is 8.83. The van der Waals surface area contributed by atoms with E-state index in [4.69, 9.17) is 0 Å². The SMILES string of the molecule is CC(C)(C)c1nc(CC(=O)NCc2ccc3c(c2)CNC3)cs1.Cl.Cl. The maximum atomic E-state index is 12.1. The third kappa shape index (κ3) is 5.68. The van der Waals surface area contributed by atoms with Crippen LogP contribution in [-0.4, -0.2) is 10.9 Å². The monoisotopic (exact) mass is 401 g/mol. The molecule has 0 radical (unpaired) electrons. The summed E-state index contributed by atoms with van der Waals surface area (Å²) in [5.74, 6) is 0.0226. The number of aromatic nitrogens is 1. The van der Waals surface area contributed by atoms with Gasteiger partial charge in [-0.05, 0) is 16.7 Å². The normalized spacial score (nSPS) is 12.8. The van der Waals surface area contributed by atoms with Crippen LogP contribution in [0.4, 0.5) is 0 Å². The summed E-state index contributed by atoms with van der Waals surface area (Å²) in [5, 5.41) is 9.39. The molecule has 1 aromatic heterocycles. The summed E-state index contributed by atoms with van der Waals surface area (Å²) >= 11 is 1.63. The number of carbonyl (C=O) groups is 1. The lowest BCUT2D eigenvalue weighted by Gasteiger charge is -2.13. The van der Waals surface area contributed by atoms with Gasteiger partial charge in [-0.15, -0.1) is 36.2 Å². The fourth-order valence-electron chi connectivity index (χ4n) is 2.62. The topological polar surface area (TPSA) is 54.0 Å². The standard InChI is InChI=1S/C18H23N3OS.2ClH/c1-18(2,3)17-21-15(11-23-17)7-16(22)20-8-12-4-5-13-9-19-10-14(13)6-12;;/h4-6,11,19H,7-10H2,1-3H3,(H,20,22);2*1H. The third-order valence-electron chi connectivity index (χ3n) is 3.93. The van der Waals surface area contributed by atoms with Crippen molar-refractivity contribution in [1.82, 2.24) is 15.6 Å². The summed E-state index contributed by atoms with van der Waals surface area (Å²) in [4.78, 5) is 16.7. The first kappa shape index (κ1) is 21.9. The Morgan fingerprint density at radius 1 is 1.24 bits per heavy atom. The van der Waals surface area contributed by atoms with Crippen molar-refractivity contribution in [3.63, 3.8) is 0 Å². The molecule has 0 unspecified atom stereocenters. The molecule has 7 heteroatoms. The summed E-state index contributed by atoms with van der Waals surface area (Å²) in [5.41, 5.74) is 4.74. The smallest absolute Gasteiger partial charge is 0.226 e. The van der Waals surface area contributed by atoms with Gasteiger partial charge in [-0.25, -0.2) is 4.98 Å². The molecule has 4 nitrogen and oxygen atoms in total. The molecular formula is C18H25Cl2N3OS. The van der Waals surface area contributed by atoms with Crippen LogP contribution in [0.2, 0.25) is 0 Å². The molecule has 1 aromatic carbocycles. The molecular weight excluding hydrogens is 377 g/mol. The number of amides is 1. The minimum atomic E-state index is 0. The zero-order chi connectivity index (χ0) is 16.4. The van der Waals surface area contributed by atoms with E-state index in [2.05, 4.69) is 54.6 Å². The summed E-state index contributed by atoms with van der Waals surface area (Å²) in [6, 6.07) is 6.41. The molecule has 25 heavy (non-hydrogen) atoms. The summed E-state index contributed by atoms with van der Waals surface area (Å²) < 4.78 is 0. The number of nitrogens with one attached hydrogen (secondary N) is 2. The molecule has 3 rings (SSSR count). The molecule has 138 valence electrons. The van der Waals surface area contributed by atoms with E-state index >= 15 is 0 Å². The number of hydrogen-bond donors (Lipinski definition) is 2. The van der Waals surface area contributed by atoms with Crippen molar-refractivity contribution < 1.29 is 4.79 Å². The predicted molar refractivity (Wildman–Crippen MR) is 108 cm³/mol. The second-order valence-corrected chi connectivity index (χ2v) is 7.91. The second-order valence-electron chi connectivity index (χ2n) is 7.05. The number of hydrogen-bond acceptors (Lipinski definition) is 4. The van der Waals surface area contributed by atoms with Crippen molar-refractivity contribution in [3.8, 4) is 0 Å². The highest BCUT2D eigenvalue weighted by atomic mass is 35.5. The van der Waals surface area contributed by atoms with Crippen LogP contribution in [0.15, 0.2) is 23.6 Å². The minimum Gasteiger partial charge on any atom is -0.352 e. The van der Waals surface area contributed by atoms with Gasteiger partial charge in [0.25, 0.3) is 0 Å². The zero-order valence-corrected chi connectivity index (χ0v) is 17.2. The molecule has 0 saturated carbocycles. The Balaban J connectivity index is 0.00000156. The molecule has 1 aliphatic heterocycles. The van der Waals surface area contributed by atoms with Crippen LogP contribution in [0.3, 0.4) is 0 Å². The average molecular weight is 402 g/mol. The number of halogens is 2. The summed E-state index contributed by atoms with van der Waals surface area (Å²) in [6.45, 7) is 8.85. The molecule has 0 aliphatic carbocycles. The molecule has 0 spiro atoms. The van der Waals surface area contributed by atoms with Crippen molar-refractivity contribution in [1.29, 1.82) is 0 Å². The van der Waals surface area contributed by atoms with Crippen LogP contribution in [0.25, 0.3) is 0 Å². The second kappa shape index (κ2) is 8.99. The minimum absolute atomic E-state index is 0. The van der Waals surface area contributed by atoms with E-state index in [1.807, 2.05) is 5.38 Å². The van der Waals surface area contributed by atoms with E-state index in [1.54, 1.807) is 11.3 Å². The molecule has 1 aliphatic rings. The molecule has 2 heterocycles. The van der Waals surface area contributed by atoms with E-state index in [0.29, 0.717) is 13.0 Å². The largest absolute Gasteiger partial charge is 0.352 e. The number of carbonyl (C=O) groups excluding carboxylic acids is 1. The highest BCUT2D eigenvalue weighted by Crippen LogP contribution is 2.25. The van der Waals surface area contributed by atoms with Gasteiger partial charge in [-0.1, -0.05) is 39.0 Å². The van der Waals surface area contributed by atoms with Gasteiger partial charge in [0.05, 0.1) is 17.1 Å². The highest BCUT2D eigenvalue weighted by molar-refractivity contribution is 7.09. The quantitative estimate of drug-likeness (QED) is 0.819. The number of nitrogens with zero attached hydrogens (tertiary/aromatic N) is 1. The molecule has 1 amide bonds. The Kier molecular flexibility index (Phi) is 7.88. The predicted octanol–water partition coefficient (Wildman–Crippen LogP) is 3.75. The van der Waals surface area contributed by atoms with Crippen LogP contribution < -0.4 is 10.6 Å². The van der Waals surface area contributed by atoms with E-state index in [1.165, 1.54) is 11.1 Å². The Bertz CT molecular complexity index is 725. The number of rotatable bonds is 4. The van der Waals surface area contributed by atoms with Crippen molar-refractivity contribution in [3.05, 3.63) is 51.0 Å². The average Bonchev–Trinajstić information content (AvgIpc) is 3.12. The van der Waals surface area contributed by atoms with Gasteiger partial charge in [0.2, 0.25) is 5.91 Å². The highest BCUT2D eigenvalue weighted by Gasteiger charge is 2.18. The van der Waals surface area contributed by atoms with Gasteiger partial charge in [-0.3, -0.25) is 4.79 Å².